The van der Waals surface area contributed by atoms with Gasteiger partial charge in [0.05, 0.1) is 0 Å². The topological polar surface area (TPSA) is 728 Å². The summed E-state index contributed by atoms with van der Waals surface area (Å²) in [5.41, 5.74) is 0. The molecule has 0 amide bonds. The van der Waals surface area contributed by atoms with E-state index < -0.39 is 87.9 Å². The van der Waals surface area contributed by atoms with Crippen LogP contribution in [0.25, 0.3) is 0 Å². The van der Waals surface area contributed by atoms with Crippen LogP contribution >= 0.6 is 149 Å². The van der Waals surface area contributed by atoms with E-state index in [4.69, 9.17) is 181 Å². The van der Waals surface area contributed by atoms with Gasteiger partial charge in [-0.1, -0.05) is 0 Å². The van der Waals surface area contributed by atoms with Crippen molar-refractivity contribution in [3.63, 3.8) is 0 Å². The van der Waals surface area contributed by atoms with Crippen LogP contribution in [0.4, 0.5) is 0 Å². The Balaban J connectivity index is -0.00000000989. The summed E-state index contributed by atoms with van der Waals surface area (Å²) in [4.78, 5) is 0. The molecule has 0 aliphatic rings. The monoisotopic (exact) mass is 1180 g/mol. The summed E-state index contributed by atoms with van der Waals surface area (Å²) >= 11 is 0. The van der Waals surface area contributed by atoms with Crippen molar-refractivity contribution in [1.82, 2.24) is 0 Å². The van der Waals surface area contributed by atoms with Gasteiger partial charge in [-0.05, 0) is 0 Å². The molecule has 0 aromatic rings. The van der Waals surface area contributed by atoms with E-state index in [0.717, 1.165) is 0 Å². The van der Waals surface area contributed by atoms with Gasteiger partial charge in [-0.3, -0.25) is 0 Å². The van der Waals surface area contributed by atoms with Crippen LogP contribution in [0.3, 0.4) is 0 Å². The Morgan fingerprint density at radius 3 is 0.0984 bits per heavy atom. The van der Waals surface area contributed by atoms with Crippen molar-refractivity contribution in [3.8, 4) is 0 Å². The number of rotatable bonds is 0. The molecule has 0 atom stereocenters. The summed E-state index contributed by atoms with van der Waals surface area (Å²) in [6, 6.07) is 0. The van der Waals surface area contributed by atoms with Gasteiger partial charge in [-0.15, -0.1) is 149 Å². The number of hydrogen-bond acceptors (Lipinski definition) is 36. The maximum atomic E-state index is 7.17. The Morgan fingerprint density at radius 1 is 0.0984 bits per heavy atom. The van der Waals surface area contributed by atoms with Crippen LogP contribution in [0.1, 0.15) is 0 Å². The molecule has 0 aromatic heterocycles. The molecule has 36 N–H and O–H groups in total. The van der Waals surface area contributed by atoms with Crippen LogP contribution in [0.15, 0.2) is 0 Å². The second-order valence-electron chi connectivity index (χ2n) is 4.16. The first-order valence-electron chi connectivity index (χ1n) is 9.30. The van der Waals surface area contributed by atoms with Crippen molar-refractivity contribution in [3.05, 3.63) is 0 Å². The summed E-state index contributed by atoms with van der Waals surface area (Å²) < 4.78 is 0. The Kier molecular flexibility index (Phi) is 435. The maximum absolute atomic E-state index is 7.17. The van der Waals surface area contributed by atoms with E-state index in [0.29, 0.717) is 0 Å². The molecule has 61 heavy (non-hydrogen) atoms. The van der Waals surface area contributed by atoms with E-state index in [9.17, 15) is 0 Å². The Morgan fingerprint density at radius 2 is 0.0984 bits per heavy atom. The number of halogens is 12. The molecule has 0 saturated carbocycles. The molecule has 0 saturated heterocycles. The molecule has 0 unspecified atom stereocenters. The van der Waals surface area contributed by atoms with E-state index in [1.54, 1.807) is 0 Å². The van der Waals surface area contributed by atoms with Gasteiger partial charge in [0.2, 0.25) is 0 Å². The number of hydrogen-bond donors (Lipinski definition) is 36. The molecule has 0 aromatic carbocycles. The van der Waals surface area contributed by atoms with E-state index in [1.165, 1.54) is 0 Å². The summed E-state index contributed by atoms with van der Waals surface area (Å²) in [5, 5.41) is 258. The molecule has 0 spiro atoms. The van der Waals surface area contributed by atoms with Crippen LogP contribution in [0.5, 0.6) is 0 Å². The van der Waals surface area contributed by atoms with E-state index >= 15 is 0 Å². The predicted octanol–water partition coefficient (Wildman–Crippen LogP) is -20.2. The fourth-order valence-corrected chi connectivity index (χ4v) is 0. The molecule has 36 nitrogen and oxygen atoms in total. The summed E-state index contributed by atoms with van der Waals surface area (Å²) in [5.74, 6) is 0. The molecule has 0 fully saturated rings. The predicted molar refractivity (Wildman–Crippen MR) is 243 cm³/mol. The first kappa shape index (κ1) is 167. The first-order chi connectivity index (χ1) is 20.8. The second-order valence-corrected chi connectivity index (χ2v) is 4.16. The van der Waals surface area contributed by atoms with E-state index in [1.807, 2.05) is 0 Å². The van der Waals surface area contributed by atoms with Crippen molar-refractivity contribution in [2.45, 2.75) is 0 Å². The summed E-state index contributed by atoms with van der Waals surface area (Å²) in [6.07, 6.45) is 0. The SMILES string of the molecule is Cl.Cl.Cl.Cl.Cl.Cl.Cl.Cl.Cl.Cl.Cl.Cl.OB(O)O.OB(O)O.OB(O)O.OB(O)O.OB(O)O.OB(O)O.OB(O)O.OB(O)O.OB(O)O.OB(O)O.OB(O)O.OB(O)O.[LiH]. The minimum absolute atomic E-state index is 0. The van der Waals surface area contributed by atoms with Crippen LogP contribution < -0.4 is 0 Å². The normalized spacial score (nSPS) is 5.31. The van der Waals surface area contributed by atoms with Gasteiger partial charge in [0.15, 0.2) is 0 Å². The molecule has 0 radical (unpaired) electrons. The average Bonchev–Trinajstić information content (AvgIpc) is 2.61. The standard InChI is InChI=1S/12BH3O3.12ClH.Li.H/c12*2-1(3)4;;;;;;;;;;;;;;/h12*2-4H;12*1H;;. The fourth-order valence-electron chi connectivity index (χ4n) is 0. The van der Waals surface area contributed by atoms with Gasteiger partial charge in [0.1, 0.15) is 0 Å². The van der Waals surface area contributed by atoms with Gasteiger partial charge in [-0.2, -0.15) is 0 Å². The Bertz CT molecular complexity index is 276. The zero-order valence-electron chi connectivity index (χ0n) is 27.9. The third-order valence-corrected chi connectivity index (χ3v) is 0. The summed E-state index contributed by atoms with van der Waals surface area (Å²) in [6.45, 7) is 0. The van der Waals surface area contributed by atoms with E-state index in [2.05, 4.69) is 0 Å². The van der Waals surface area contributed by atoms with Gasteiger partial charge in [0.25, 0.3) is 0 Å². The Hall–Kier alpha value is 3.42. The van der Waals surface area contributed by atoms with Crippen molar-refractivity contribution < 1.29 is 181 Å². The van der Waals surface area contributed by atoms with Crippen molar-refractivity contribution in [1.29, 1.82) is 0 Å². The summed E-state index contributed by atoms with van der Waals surface area (Å²) in [7, 11) is -26.0. The average molecular weight is 1190 g/mol. The molecule has 0 bridgehead atoms. The van der Waals surface area contributed by atoms with Gasteiger partial charge >= 0.3 is 107 Å². The minimum atomic E-state index is -2.17. The van der Waals surface area contributed by atoms with Gasteiger partial charge < -0.3 is 181 Å². The third-order valence-electron chi connectivity index (χ3n) is 0. The zero-order valence-corrected chi connectivity index (χ0v) is 37.7. The van der Waals surface area contributed by atoms with Crippen molar-refractivity contribution in [2.24, 2.45) is 0 Å². The second kappa shape index (κ2) is 159. The van der Waals surface area contributed by atoms with Crippen LogP contribution in [-0.2, 0) is 0 Å². The molecule has 0 aliphatic carbocycles. The van der Waals surface area contributed by atoms with Crippen molar-refractivity contribution >= 4 is 256 Å². The Labute approximate surface area is 433 Å². The van der Waals surface area contributed by atoms with Crippen LogP contribution in [0.2, 0.25) is 0 Å². The molecule has 0 aliphatic heterocycles. The third kappa shape index (κ3) is 20500. The molecular weight excluding hydrogens is 1140 g/mol. The molecular formula is H49B12Cl12LiO36. The van der Waals surface area contributed by atoms with E-state index in [-0.39, 0.29) is 168 Å². The van der Waals surface area contributed by atoms with Crippen LogP contribution in [0, 0.1) is 0 Å². The fraction of sp³-hybridized carbons (Fsp3) is 0. The molecule has 386 valence electrons. The molecule has 0 heterocycles. The zero-order chi connectivity index (χ0) is 42.9. The molecule has 61 heteroatoms. The molecule has 0 rings (SSSR count). The van der Waals surface area contributed by atoms with Crippen LogP contribution in [-0.4, -0.2) is 288 Å². The van der Waals surface area contributed by atoms with Crippen molar-refractivity contribution in [2.75, 3.05) is 0 Å². The first-order valence-corrected chi connectivity index (χ1v) is 9.30. The quantitative estimate of drug-likeness (QED) is 0.100. The van der Waals surface area contributed by atoms with Gasteiger partial charge in [-0.25, -0.2) is 0 Å². The van der Waals surface area contributed by atoms with Gasteiger partial charge in [0, 0.05) is 0 Å².